The summed E-state index contributed by atoms with van der Waals surface area (Å²) in [4.78, 5) is 41.2. The van der Waals surface area contributed by atoms with Crippen LogP contribution in [0.5, 0.6) is 5.75 Å². The second-order valence-corrected chi connectivity index (χ2v) is 7.38. The van der Waals surface area contributed by atoms with E-state index in [1.165, 1.54) is 4.90 Å². The second kappa shape index (κ2) is 9.93. The number of urea groups is 1. The average Bonchev–Trinajstić information content (AvgIpc) is 2.97. The topological polar surface area (TPSA) is 79.0 Å². The van der Waals surface area contributed by atoms with Crippen molar-refractivity contribution in [3.63, 3.8) is 0 Å². The highest BCUT2D eigenvalue weighted by molar-refractivity contribution is 6.22. The minimum atomic E-state index is -0.891. The van der Waals surface area contributed by atoms with Gasteiger partial charge >= 0.3 is 6.03 Å². The highest BCUT2D eigenvalue weighted by atomic mass is 16.5. The number of nitrogens with zero attached hydrogens (tertiary/aromatic N) is 2. The van der Waals surface area contributed by atoms with E-state index >= 15 is 0 Å². The number of carbonyl (C=O) groups excluding carboxylic acids is 3. The van der Waals surface area contributed by atoms with Crippen LogP contribution in [0.2, 0.25) is 0 Å². The van der Waals surface area contributed by atoms with E-state index in [1.807, 2.05) is 19.9 Å². The molecule has 7 heteroatoms. The van der Waals surface area contributed by atoms with Crippen LogP contribution >= 0.6 is 0 Å². The van der Waals surface area contributed by atoms with Gasteiger partial charge in [0.1, 0.15) is 11.8 Å². The van der Waals surface area contributed by atoms with E-state index in [0.29, 0.717) is 18.0 Å². The SMILES string of the molecule is C=CCN1C(=O)N(c2cccc(C)c2)C(=O)[C@H]1CC(=O)Nc1ccc(OCCC)cc1. The van der Waals surface area contributed by atoms with E-state index in [4.69, 9.17) is 4.74 Å². The van der Waals surface area contributed by atoms with Gasteiger partial charge in [-0.25, -0.2) is 9.69 Å². The molecule has 0 radical (unpaired) electrons. The first kappa shape index (κ1) is 22.1. The van der Waals surface area contributed by atoms with Crippen LogP contribution in [-0.4, -0.2) is 41.9 Å². The molecule has 3 rings (SSSR count). The maximum absolute atomic E-state index is 13.1. The summed E-state index contributed by atoms with van der Waals surface area (Å²) in [7, 11) is 0. The Kier molecular flexibility index (Phi) is 7.07. The van der Waals surface area contributed by atoms with E-state index in [9.17, 15) is 14.4 Å². The number of amides is 4. The molecule has 4 amide bonds. The number of aryl methyl sites for hydroxylation is 1. The number of ether oxygens (including phenoxy) is 1. The number of hydrogen-bond acceptors (Lipinski definition) is 4. The molecule has 0 unspecified atom stereocenters. The Morgan fingerprint density at radius 3 is 2.58 bits per heavy atom. The van der Waals surface area contributed by atoms with Crippen molar-refractivity contribution in [3.05, 3.63) is 66.7 Å². The van der Waals surface area contributed by atoms with Crippen LogP contribution in [0.1, 0.15) is 25.3 Å². The minimum absolute atomic E-state index is 0.144. The average molecular weight is 421 g/mol. The van der Waals surface area contributed by atoms with Gasteiger partial charge in [0, 0.05) is 12.2 Å². The van der Waals surface area contributed by atoms with Gasteiger partial charge in [0.15, 0.2) is 0 Å². The Labute approximate surface area is 182 Å². The molecule has 162 valence electrons. The highest BCUT2D eigenvalue weighted by Crippen LogP contribution is 2.28. The lowest BCUT2D eigenvalue weighted by Gasteiger charge is -2.19. The van der Waals surface area contributed by atoms with Crippen LogP contribution < -0.4 is 15.0 Å². The first-order valence-corrected chi connectivity index (χ1v) is 10.3. The largest absolute Gasteiger partial charge is 0.494 e. The van der Waals surface area contributed by atoms with E-state index in [1.54, 1.807) is 48.5 Å². The maximum Gasteiger partial charge on any atom is 0.332 e. The van der Waals surface area contributed by atoms with Crippen molar-refractivity contribution in [3.8, 4) is 5.75 Å². The van der Waals surface area contributed by atoms with Crippen LogP contribution in [0.3, 0.4) is 0 Å². The number of nitrogens with one attached hydrogen (secondary N) is 1. The van der Waals surface area contributed by atoms with Gasteiger partial charge in [-0.15, -0.1) is 6.58 Å². The third-order valence-corrected chi connectivity index (χ3v) is 4.89. The van der Waals surface area contributed by atoms with Crippen LogP contribution in [0, 0.1) is 6.92 Å². The van der Waals surface area contributed by atoms with Crippen LogP contribution in [0.15, 0.2) is 61.2 Å². The molecule has 1 atom stereocenters. The van der Waals surface area contributed by atoms with Crippen molar-refractivity contribution in [1.29, 1.82) is 0 Å². The van der Waals surface area contributed by atoms with Crippen molar-refractivity contribution >= 4 is 29.2 Å². The van der Waals surface area contributed by atoms with Gasteiger partial charge < -0.3 is 15.0 Å². The molecule has 2 aromatic rings. The molecular formula is C24H27N3O4. The van der Waals surface area contributed by atoms with Crippen molar-refractivity contribution < 1.29 is 19.1 Å². The van der Waals surface area contributed by atoms with E-state index < -0.39 is 18.0 Å². The molecule has 1 fully saturated rings. The molecule has 1 heterocycles. The minimum Gasteiger partial charge on any atom is -0.494 e. The molecule has 2 aromatic carbocycles. The molecule has 0 bridgehead atoms. The maximum atomic E-state index is 13.1. The van der Waals surface area contributed by atoms with Gasteiger partial charge in [0.05, 0.1) is 18.7 Å². The molecular weight excluding hydrogens is 394 g/mol. The lowest BCUT2D eigenvalue weighted by molar-refractivity contribution is -0.124. The Bertz CT molecular complexity index is 971. The Morgan fingerprint density at radius 2 is 1.94 bits per heavy atom. The first-order chi connectivity index (χ1) is 14.9. The molecule has 0 spiro atoms. The van der Waals surface area contributed by atoms with Crippen molar-refractivity contribution in [2.45, 2.75) is 32.7 Å². The molecule has 1 aliphatic rings. The number of imide groups is 1. The Morgan fingerprint density at radius 1 is 1.19 bits per heavy atom. The third kappa shape index (κ3) is 5.12. The molecule has 1 aliphatic heterocycles. The number of hydrogen-bond donors (Lipinski definition) is 1. The number of rotatable bonds is 9. The Balaban J connectivity index is 1.72. The highest BCUT2D eigenvalue weighted by Gasteiger charge is 2.46. The lowest BCUT2D eigenvalue weighted by Crippen LogP contribution is -2.38. The van der Waals surface area contributed by atoms with Gasteiger partial charge in [0.25, 0.3) is 5.91 Å². The molecule has 7 nitrogen and oxygen atoms in total. The van der Waals surface area contributed by atoms with Gasteiger partial charge in [-0.3, -0.25) is 9.59 Å². The fourth-order valence-electron chi connectivity index (χ4n) is 3.43. The predicted octanol–water partition coefficient (Wildman–Crippen LogP) is 4.14. The first-order valence-electron chi connectivity index (χ1n) is 10.3. The monoisotopic (exact) mass is 421 g/mol. The van der Waals surface area contributed by atoms with Crippen LogP contribution in [-0.2, 0) is 9.59 Å². The summed E-state index contributed by atoms with van der Waals surface area (Å²) in [5, 5.41) is 2.78. The van der Waals surface area contributed by atoms with Gasteiger partial charge in [-0.1, -0.05) is 25.1 Å². The summed E-state index contributed by atoms with van der Waals surface area (Å²) >= 11 is 0. The van der Waals surface area contributed by atoms with Crippen LogP contribution in [0.4, 0.5) is 16.2 Å². The third-order valence-electron chi connectivity index (χ3n) is 4.89. The smallest absolute Gasteiger partial charge is 0.332 e. The van der Waals surface area contributed by atoms with E-state index in [2.05, 4.69) is 11.9 Å². The van der Waals surface area contributed by atoms with Crippen LogP contribution in [0.25, 0.3) is 0 Å². The summed E-state index contributed by atoms with van der Waals surface area (Å²) in [6.45, 7) is 8.39. The number of benzene rings is 2. The number of anilines is 2. The zero-order valence-corrected chi connectivity index (χ0v) is 17.8. The summed E-state index contributed by atoms with van der Waals surface area (Å²) in [5.41, 5.74) is 2.02. The van der Waals surface area contributed by atoms with Gasteiger partial charge in [0.2, 0.25) is 5.91 Å². The van der Waals surface area contributed by atoms with Crippen molar-refractivity contribution in [2.75, 3.05) is 23.4 Å². The summed E-state index contributed by atoms with van der Waals surface area (Å²) in [6, 6.07) is 12.8. The lowest BCUT2D eigenvalue weighted by atomic mass is 10.1. The molecule has 1 N–H and O–H groups in total. The van der Waals surface area contributed by atoms with Crippen molar-refractivity contribution in [1.82, 2.24) is 4.90 Å². The van der Waals surface area contributed by atoms with E-state index in [0.717, 1.165) is 22.6 Å². The fourth-order valence-corrected chi connectivity index (χ4v) is 3.43. The zero-order chi connectivity index (χ0) is 22.4. The standard InChI is InChI=1S/C24H27N3O4/c1-4-13-26-21(23(29)27(24(26)30)19-8-6-7-17(3)15-19)16-22(28)25-18-9-11-20(12-10-18)31-14-5-2/h4,6-12,15,21H,1,5,13-14,16H2,2-3H3,(H,25,28)/t21-/m1/s1. The van der Waals surface area contributed by atoms with Gasteiger partial charge in [-0.2, -0.15) is 0 Å². The normalized spacial score (nSPS) is 15.9. The second-order valence-electron chi connectivity index (χ2n) is 7.38. The molecule has 0 aromatic heterocycles. The predicted molar refractivity (Wildman–Crippen MR) is 120 cm³/mol. The molecule has 0 saturated carbocycles. The molecule has 0 aliphatic carbocycles. The fraction of sp³-hybridized carbons (Fsp3) is 0.292. The van der Waals surface area contributed by atoms with Crippen molar-refractivity contribution in [2.24, 2.45) is 0 Å². The van der Waals surface area contributed by atoms with E-state index in [-0.39, 0.29) is 18.9 Å². The molecule has 1 saturated heterocycles. The summed E-state index contributed by atoms with van der Waals surface area (Å²) in [6.07, 6.45) is 2.31. The number of carbonyl (C=O) groups is 3. The Hall–Kier alpha value is -3.61. The summed E-state index contributed by atoms with van der Waals surface area (Å²) in [5.74, 6) is -0.0492. The quantitative estimate of drug-likeness (QED) is 0.488. The zero-order valence-electron chi connectivity index (χ0n) is 17.8. The molecule has 31 heavy (non-hydrogen) atoms. The van der Waals surface area contributed by atoms with Gasteiger partial charge in [-0.05, 0) is 55.3 Å². The summed E-state index contributed by atoms with van der Waals surface area (Å²) < 4.78 is 5.54.